The zero-order chi connectivity index (χ0) is 31.0. The Balaban J connectivity index is 2.65. The molecule has 0 aliphatic carbocycles. The number of benzene rings is 2. The normalized spacial score (nSPS) is 13.1. The lowest BCUT2D eigenvalue weighted by Gasteiger charge is -2.44. The molecule has 0 spiro atoms. The smallest absolute Gasteiger partial charge is 0.408 e. The van der Waals surface area contributed by atoms with E-state index < -0.39 is 29.3 Å². The highest BCUT2D eigenvalue weighted by Crippen LogP contribution is 2.34. The number of ether oxygens (including phenoxy) is 2. The summed E-state index contributed by atoms with van der Waals surface area (Å²) in [6.07, 6.45) is 2.24. The topological polar surface area (TPSA) is 97.0 Å². The molecular formula is C32H47N3O5S. The number of alkyl carbamates (subject to hydrolysis) is 1. The lowest BCUT2D eigenvalue weighted by molar-refractivity contribution is -0.147. The molecule has 0 saturated carbocycles. The Bertz CT molecular complexity index is 1170. The van der Waals surface area contributed by atoms with Gasteiger partial charge in [0.1, 0.15) is 23.4 Å². The van der Waals surface area contributed by atoms with Gasteiger partial charge in [0.15, 0.2) is 0 Å². The largest absolute Gasteiger partial charge is 0.497 e. The summed E-state index contributed by atoms with van der Waals surface area (Å²) in [6.45, 7) is 15.1. The second-order valence-corrected chi connectivity index (χ2v) is 12.9. The molecule has 0 aliphatic rings. The van der Waals surface area contributed by atoms with Crippen LogP contribution in [0.4, 0.5) is 10.5 Å². The van der Waals surface area contributed by atoms with Crippen LogP contribution in [0, 0.1) is 13.8 Å². The third-order valence-electron chi connectivity index (χ3n) is 6.78. The third kappa shape index (κ3) is 9.99. The first-order valence-electron chi connectivity index (χ1n) is 14.0. The van der Waals surface area contributed by atoms with E-state index >= 15 is 0 Å². The van der Waals surface area contributed by atoms with Gasteiger partial charge < -0.3 is 25.0 Å². The van der Waals surface area contributed by atoms with Gasteiger partial charge in [-0.15, -0.1) is 0 Å². The maximum atomic E-state index is 14.5. The summed E-state index contributed by atoms with van der Waals surface area (Å²) in [6, 6.07) is 11.1. The Morgan fingerprint density at radius 1 is 0.976 bits per heavy atom. The Morgan fingerprint density at radius 2 is 1.56 bits per heavy atom. The molecular weight excluding hydrogens is 538 g/mol. The molecule has 41 heavy (non-hydrogen) atoms. The molecule has 0 bridgehead atoms. The number of carbonyl (C=O) groups excluding carboxylic acids is 3. The third-order valence-corrected chi connectivity index (χ3v) is 7.42. The molecule has 0 fully saturated rings. The molecule has 0 heterocycles. The number of hydrogen-bond acceptors (Lipinski definition) is 6. The zero-order valence-corrected chi connectivity index (χ0v) is 27.0. The van der Waals surface area contributed by atoms with E-state index in [1.807, 2.05) is 59.1 Å². The van der Waals surface area contributed by atoms with Crippen LogP contribution in [-0.4, -0.2) is 59.1 Å². The van der Waals surface area contributed by atoms with Crippen LogP contribution in [0.2, 0.25) is 0 Å². The molecule has 8 nitrogen and oxygen atoms in total. The van der Waals surface area contributed by atoms with Crippen molar-refractivity contribution in [2.45, 2.75) is 91.5 Å². The number of nitrogens with one attached hydrogen (secondary N) is 2. The number of carbonyl (C=O) groups is 3. The predicted octanol–water partition coefficient (Wildman–Crippen LogP) is 6.66. The quantitative estimate of drug-likeness (QED) is 0.289. The average molecular weight is 586 g/mol. The van der Waals surface area contributed by atoms with Gasteiger partial charge in [-0.2, -0.15) is 11.8 Å². The number of thioether (sulfide) groups is 1. The van der Waals surface area contributed by atoms with Crippen molar-refractivity contribution in [2.24, 2.45) is 0 Å². The van der Waals surface area contributed by atoms with Crippen molar-refractivity contribution in [3.8, 4) is 5.75 Å². The standard InChI is InChI=1S/C32H47N3O5S/c1-11-32(7,8)35(29(37)26(16-17-41-10)34-30(38)40-31(4,5)6)27(23-19-21(2)18-22(3)20-23)28(36)33-24-12-14-25(39-9)15-13-24/h12-15,18-20,26-27H,11,16-17H2,1-10H3,(H,33,36)(H,34,38). The Labute approximate surface area is 249 Å². The number of aryl methyl sites for hydroxylation is 2. The van der Waals surface area contributed by atoms with E-state index in [2.05, 4.69) is 10.6 Å². The van der Waals surface area contributed by atoms with Gasteiger partial charge in [-0.05, 0) is 103 Å². The fourth-order valence-corrected chi connectivity index (χ4v) is 5.00. The zero-order valence-electron chi connectivity index (χ0n) is 26.2. The SMILES string of the molecule is CCC(C)(C)N(C(=O)C(CCSC)NC(=O)OC(C)(C)C)C(C(=O)Nc1ccc(OC)cc1)c1cc(C)cc(C)c1. The summed E-state index contributed by atoms with van der Waals surface area (Å²) in [5.41, 5.74) is 1.79. The van der Waals surface area contributed by atoms with Crippen LogP contribution in [-0.2, 0) is 14.3 Å². The minimum Gasteiger partial charge on any atom is -0.497 e. The molecule has 0 saturated heterocycles. The van der Waals surface area contributed by atoms with Gasteiger partial charge in [0, 0.05) is 11.2 Å². The molecule has 2 rings (SSSR count). The summed E-state index contributed by atoms with van der Waals surface area (Å²) < 4.78 is 10.7. The minimum atomic E-state index is -0.963. The first kappa shape index (κ1) is 34.0. The lowest BCUT2D eigenvalue weighted by Crippen LogP contribution is -2.59. The van der Waals surface area contributed by atoms with Crippen LogP contribution in [0.15, 0.2) is 42.5 Å². The molecule has 2 aromatic carbocycles. The van der Waals surface area contributed by atoms with E-state index in [4.69, 9.17) is 9.47 Å². The second kappa shape index (κ2) is 14.6. The molecule has 2 N–H and O–H groups in total. The van der Waals surface area contributed by atoms with Gasteiger partial charge in [-0.1, -0.05) is 36.2 Å². The van der Waals surface area contributed by atoms with E-state index in [1.54, 1.807) is 68.8 Å². The van der Waals surface area contributed by atoms with Crippen LogP contribution in [0.25, 0.3) is 0 Å². The number of nitrogens with zero attached hydrogens (tertiary/aromatic N) is 1. The average Bonchev–Trinajstić information content (AvgIpc) is 2.87. The first-order valence-corrected chi connectivity index (χ1v) is 15.4. The molecule has 226 valence electrons. The number of hydrogen-bond donors (Lipinski definition) is 2. The van der Waals surface area contributed by atoms with Crippen molar-refractivity contribution in [3.63, 3.8) is 0 Å². The maximum Gasteiger partial charge on any atom is 0.408 e. The summed E-state index contributed by atoms with van der Waals surface area (Å²) in [5, 5.41) is 5.82. The van der Waals surface area contributed by atoms with Crippen molar-refractivity contribution in [1.29, 1.82) is 0 Å². The van der Waals surface area contributed by atoms with Gasteiger partial charge in [0.05, 0.1) is 7.11 Å². The van der Waals surface area contributed by atoms with Gasteiger partial charge in [0.2, 0.25) is 5.91 Å². The van der Waals surface area contributed by atoms with Crippen molar-refractivity contribution in [1.82, 2.24) is 10.2 Å². The Morgan fingerprint density at radius 3 is 2.05 bits per heavy atom. The van der Waals surface area contributed by atoms with Crippen molar-refractivity contribution in [2.75, 3.05) is 24.4 Å². The first-order chi connectivity index (χ1) is 19.1. The van der Waals surface area contributed by atoms with E-state index in [-0.39, 0.29) is 11.8 Å². The number of anilines is 1. The van der Waals surface area contributed by atoms with Gasteiger partial charge in [-0.25, -0.2) is 4.79 Å². The Kier molecular flexibility index (Phi) is 12.1. The predicted molar refractivity (Wildman–Crippen MR) is 168 cm³/mol. The summed E-state index contributed by atoms with van der Waals surface area (Å²) in [7, 11) is 1.58. The van der Waals surface area contributed by atoms with Gasteiger partial charge in [0.25, 0.3) is 5.91 Å². The fraction of sp³-hybridized carbons (Fsp3) is 0.531. The molecule has 0 aliphatic heterocycles. The van der Waals surface area contributed by atoms with E-state index in [1.165, 1.54) is 0 Å². The molecule has 2 aromatic rings. The molecule has 3 amide bonds. The summed E-state index contributed by atoms with van der Waals surface area (Å²) in [4.78, 5) is 43.2. The van der Waals surface area contributed by atoms with Crippen LogP contribution in [0.5, 0.6) is 5.75 Å². The van der Waals surface area contributed by atoms with Crippen molar-refractivity contribution < 1.29 is 23.9 Å². The molecule has 0 radical (unpaired) electrons. The highest BCUT2D eigenvalue weighted by molar-refractivity contribution is 7.98. The Hall–Kier alpha value is -3.20. The van der Waals surface area contributed by atoms with Crippen LogP contribution < -0.4 is 15.4 Å². The highest BCUT2D eigenvalue weighted by atomic mass is 32.2. The monoisotopic (exact) mass is 585 g/mol. The van der Waals surface area contributed by atoms with E-state index in [9.17, 15) is 14.4 Å². The van der Waals surface area contributed by atoms with Crippen LogP contribution in [0.3, 0.4) is 0 Å². The molecule has 0 aromatic heterocycles. The van der Waals surface area contributed by atoms with Crippen LogP contribution >= 0.6 is 11.8 Å². The van der Waals surface area contributed by atoms with Crippen molar-refractivity contribution in [3.05, 3.63) is 59.2 Å². The van der Waals surface area contributed by atoms with E-state index in [0.717, 1.165) is 11.1 Å². The number of methoxy groups -OCH3 is 1. The van der Waals surface area contributed by atoms with Crippen molar-refractivity contribution >= 4 is 35.4 Å². The fourth-order valence-electron chi connectivity index (χ4n) is 4.53. The molecule has 2 unspecified atom stereocenters. The molecule has 2 atom stereocenters. The van der Waals surface area contributed by atoms with Gasteiger partial charge >= 0.3 is 6.09 Å². The number of amides is 3. The summed E-state index contributed by atoms with van der Waals surface area (Å²) in [5.74, 6) is 0.614. The lowest BCUT2D eigenvalue weighted by atomic mass is 9.90. The second-order valence-electron chi connectivity index (χ2n) is 11.9. The minimum absolute atomic E-state index is 0.342. The van der Waals surface area contributed by atoms with Gasteiger partial charge in [-0.3, -0.25) is 9.59 Å². The maximum absolute atomic E-state index is 14.5. The van der Waals surface area contributed by atoms with E-state index in [0.29, 0.717) is 35.6 Å². The molecule has 9 heteroatoms. The number of rotatable bonds is 12. The highest BCUT2D eigenvalue weighted by Gasteiger charge is 2.43. The summed E-state index contributed by atoms with van der Waals surface area (Å²) >= 11 is 1.58. The van der Waals surface area contributed by atoms with Crippen LogP contribution in [0.1, 0.15) is 77.1 Å².